The molecule has 3 rings (SSSR count). The van der Waals surface area contributed by atoms with Crippen LogP contribution in [0.25, 0.3) is 0 Å². The summed E-state index contributed by atoms with van der Waals surface area (Å²) in [7, 11) is 1.42. The number of methoxy groups -OCH3 is 1. The smallest absolute Gasteiger partial charge is 0.410 e. The summed E-state index contributed by atoms with van der Waals surface area (Å²) in [6.07, 6.45) is 1.82. The van der Waals surface area contributed by atoms with Crippen LogP contribution in [0.2, 0.25) is 0 Å². The second kappa shape index (κ2) is 9.75. The highest BCUT2D eigenvalue weighted by molar-refractivity contribution is 5.97. The molecule has 9 heteroatoms. The number of benzene rings is 1. The molecule has 1 aromatic carbocycles. The molecule has 0 bridgehead atoms. The third-order valence-electron chi connectivity index (χ3n) is 5.87. The molecule has 176 valence electrons. The summed E-state index contributed by atoms with van der Waals surface area (Å²) < 4.78 is 24.4. The van der Waals surface area contributed by atoms with Crippen molar-refractivity contribution in [2.45, 2.75) is 64.1 Å². The van der Waals surface area contributed by atoms with Crippen LogP contribution in [0, 0.1) is 11.7 Å². The highest BCUT2D eigenvalue weighted by atomic mass is 19.1. The third kappa shape index (κ3) is 5.89. The molecule has 3 amide bonds. The summed E-state index contributed by atoms with van der Waals surface area (Å²) in [6.45, 7) is 6.52. The second-order valence-electron chi connectivity index (χ2n) is 9.36. The van der Waals surface area contributed by atoms with Gasteiger partial charge in [0.2, 0.25) is 5.91 Å². The molecule has 2 heterocycles. The Labute approximate surface area is 187 Å². The van der Waals surface area contributed by atoms with Gasteiger partial charge in [0.15, 0.2) is 0 Å². The molecule has 2 aliphatic rings. The van der Waals surface area contributed by atoms with Gasteiger partial charge in [-0.1, -0.05) is 0 Å². The number of rotatable bonds is 4. The molecular formula is C23H32FN3O5. The van der Waals surface area contributed by atoms with Crippen molar-refractivity contribution in [3.05, 3.63) is 29.6 Å². The number of piperidine rings is 2. The largest absolute Gasteiger partial charge is 0.496 e. The number of likely N-dealkylation sites (tertiary alicyclic amines) is 1. The molecule has 2 N–H and O–H groups in total. The molecule has 1 aromatic rings. The van der Waals surface area contributed by atoms with E-state index >= 15 is 0 Å². The van der Waals surface area contributed by atoms with E-state index in [4.69, 9.17) is 9.47 Å². The lowest BCUT2D eigenvalue weighted by Gasteiger charge is -2.42. The Morgan fingerprint density at radius 2 is 1.88 bits per heavy atom. The first-order chi connectivity index (χ1) is 15.1. The van der Waals surface area contributed by atoms with Gasteiger partial charge in [0.25, 0.3) is 5.91 Å². The molecule has 2 fully saturated rings. The number of hydrogen-bond acceptors (Lipinski definition) is 5. The zero-order chi connectivity index (χ0) is 23.5. The van der Waals surface area contributed by atoms with Crippen molar-refractivity contribution in [1.29, 1.82) is 0 Å². The lowest BCUT2D eigenvalue weighted by atomic mass is 9.81. The number of nitrogens with one attached hydrogen (secondary N) is 2. The monoisotopic (exact) mass is 449 g/mol. The molecule has 0 unspecified atom stereocenters. The van der Waals surface area contributed by atoms with Crippen molar-refractivity contribution < 1.29 is 28.2 Å². The van der Waals surface area contributed by atoms with E-state index in [2.05, 4.69) is 10.6 Å². The van der Waals surface area contributed by atoms with E-state index in [0.29, 0.717) is 38.8 Å². The van der Waals surface area contributed by atoms with Crippen molar-refractivity contribution in [1.82, 2.24) is 15.5 Å². The SMILES string of the molecule is COc1ccc(F)cc1C(=O)N[C@@H]1CCC(=O)N[C@H]1C1CCN(C(=O)OC(C)(C)C)CC1. The number of nitrogens with zero attached hydrogens (tertiary/aromatic N) is 1. The first-order valence-electron chi connectivity index (χ1n) is 11.0. The fraction of sp³-hybridized carbons (Fsp3) is 0.609. The average molecular weight is 450 g/mol. The van der Waals surface area contributed by atoms with Crippen molar-refractivity contribution in [3.8, 4) is 5.75 Å². The number of carbonyl (C=O) groups is 3. The number of ether oxygens (including phenoxy) is 2. The summed E-state index contributed by atoms with van der Waals surface area (Å²) in [5.41, 5.74) is -0.443. The predicted octanol–water partition coefficient (Wildman–Crippen LogP) is 2.86. The fourth-order valence-electron chi connectivity index (χ4n) is 4.30. The van der Waals surface area contributed by atoms with Gasteiger partial charge in [-0.05, 0) is 64.2 Å². The second-order valence-corrected chi connectivity index (χ2v) is 9.36. The summed E-state index contributed by atoms with van der Waals surface area (Å²) in [6, 6.07) is 3.23. The van der Waals surface area contributed by atoms with E-state index in [1.807, 2.05) is 20.8 Å². The minimum Gasteiger partial charge on any atom is -0.496 e. The molecule has 2 atom stereocenters. The maximum absolute atomic E-state index is 13.7. The predicted molar refractivity (Wildman–Crippen MR) is 116 cm³/mol. The molecule has 0 spiro atoms. The van der Waals surface area contributed by atoms with E-state index < -0.39 is 17.3 Å². The number of hydrogen-bond donors (Lipinski definition) is 2. The van der Waals surface area contributed by atoms with E-state index in [-0.39, 0.29) is 41.3 Å². The van der Waals surface area contributed by atoms with Crippen LogP contribution in [0.4, 0.5) is 9.18 Å². The fourth-order valence-corrected chi connectivity index (χ4v) is 4.30. The van der Waals surface area contributed by atoms with Gasteiger partial charge >= 0.3 is 6.09 Å². The molecule has 2 aliphatic heterocycles. The zero-order valence-corrected chi connectivity index (χ0v) is 19.1. The van der Waals surface area contributed by atoms with Gasteiger partial charge in [-0.25, -0.2) is 9.18 Å². The van der Waals surface area contributed by atoms with Gasteiger partial charge in [-0.15, -0.1) is 0 Å². The lowest BCUT2D eigenvalue weighted by molar-refractivity contribution is -0.124. The molecule has 0 aromatic heterocycles. The van der Waals surface area contributed by atoms with Crippen LogP contribution >= 0.6 is 0 Å². The average Bonchev–Trinajstić information content (AvgIpc) is 2.74. The molecular weight excluding hydrogens is 417 g/mol. The third-order valence-corrected chi connectivity index (χ3v) is 5.87. The number of carbonyl (C=O) groups excluding carboxylic acids is 3. The van der Waals surface area contributed by atoms with Crippen molar-refractivity contribution >= 4 is 17.9 Å². The number of halogens is 1. The summed E-state index contributed by atoms with van der Waals surface area (Å²) >= 11 is 0. The Balaban J connectivity index is 1.66. The standard InChI is InChI=1S/C23H32FN3O5/c1-23(2,3)32-22(30)27-11-9-14(10-12-27)20-17(6-8-19(28)26-20)25-21(29)16-13-15(24)5-7-18(16)31-4/h5,7,13-14,17,20H,6,8-12H2,1-4H3,(H,25,29)(H,26,28)/t17-,20+/m1/s1. The van der Waals surface area contributed by atoms with Gasteiger partial charge < -0.3 is 25.0 Å². The lowest BCUT2D eigenvalue weighted by Crippen LogP contribution is -2.60. The van der Waals surface area contributed by atoms with E-state index in [1.165, 1.54) is 19.2 Å². The van der Waals surface area contributed by atoms with Gasteiger partial charge in [-0.2, -0.15) is 0 Å². The Hall–Kier alpha value is -2.84. The number of amides is 3. The maximum Gasteiger partial charge on any atom is 0.410 e. The Bertz CT molecular complexity index is 862. The maximum atomic E-state index is 13.7. The van der Waals surface area contributed by atoms with E-state index in [0.717, 1.165) is 6.07 Å². The highest BCUT2D eigenvalue weighted by Gasteiger charge is 2.38. The zero-order valence-electron chi connectivity index (χ0n) is 19.1. The van der Waals surface area contributed by atoms with Crippen LogP contribution in [0.3, 0.4) is 0 Å². The first kappa shape index (κ1) is 23.8. The summed E-state index contributed by atoms with van der Waals surface area (Å²) in [5, 5.41) is 5.99. The van der Waals surface area contributed by atoms with Crippen LogP contribution in [-0.2, 0) is 9.53 Å². The summed E-state index contributed by atoms with van der Waals surface area (Å²) in [5.74, 6) is -0.653. The van der Waals surface area contributed by atoms with Gasteiger partial charge in [0.05, 0.1) is 24.8 Å². The van der Waals surface area contributed by atoms with Gasteiger partial charge in [0, 0.05) is 19.5 Å². The van der Waals surface area contributed by atoms with Gasteiger partial charge in [0.1, 0.15) is 17.2 Å². The molecule has 0 radical (unpaired) electrons. The molecule has 0 aliphatic carbocycles. The van der Waals surface area contributed by atoms with Crippen LogP contribution in [0.15, 0.2) is 18.2 Å². The van der Waals surface area contributed by atoms with Crippen molar-refractivity contribution in [2.75, 3.05) is 20.2 Å². The Morgan fingerprint density at radius 1 is 1.19 bits per heavy atom. The van der Waals surface area contributed by atoms with E-state index in [1.54, 1.807) is 4.90 Å². The normalized spacial score (nSPS) is 22.2. The summed E-state index contributed by atoms with van der Waals surface area (Å²) in [4.78, 5) is 39.0. The minimum atomic E-state index is -0.557. The molecule has 8 nitrogen and oxygen atoms in total. The Kier molecular flexibility index (Phi) is 7.26. The topological polar surface area (TPSA) is 97.0 Å². The minimum absolute atomic E-state index is 0.0570. The van der Waals surface area contributed by atoms with Crippen molar-refractivity contribution in [3.63, 3.8) is 0 Å². The van der Waals surface area contributed by atoms with Crippen molar-refractivity contribution in [2.24, 2.45) is 5.92 Å². The quantitative estimate of drug-likeness (QED) is 0.737. The van der Waals surface area contributed by atoms with Gasteiger partial charge in [-0.3, -0.25) is 9.59 Å². The van der Waals surface area contributed by atoms with Crippen LogP contribution < -0.4 is 15.4 Å². The molecule has 32 heavy (non-hydrogen) atoms. The highest BCUT2D eigenvalue weighted by Crippen LogP contribution is 2.28. The van der Waals surface area contributed by atoms with E-state index in [9.17, 15) is 18.8 Å². The molecule has 0 saturated carbocycles. The van der Waals surface area contributed by atoms with Crippen LogP contribution in [0.1, 0.15) is 56.8 Å². The Morgan fingerprint density at radius 3 is 2.50 bits per heavy atom. The van der Waals surface area contributed by atoms with Crippen LogP contribution in [-0.4, -0.2) is 60.7 Å². The molecule has 2 saturated heterocycles. The first-order valence-corrected chi connectivity index (χ1v) is 11.0. The van der Waals surface area contributed by atoms with Crippen LogP contribution in [0.5, 0.6) is 5.75 Å².